The van der Waals surface area contributed by atoms with E-state index >= 15 is 0 Å². The van der Waals surface area contributed by atoms with Crippen molar-refractivity contribution in [2.24, 2.45) is 0 Å². The third-order valence-electron chi connectivity index (χ3n) is 6.93. The first-order chi connectivity index (χ1) is 15.5. The molecule has 2 heterocycles. The highest BCUT2D eigenvalue weighted by atomic mass is 16.3. The van der Waals surface area contributed by atoms with Crippen molar-refractivity contribution in [1.82, 2.24) is 4.98 Å². The molecule has 1 fully saturated rings. The molecule has 5 aromatic rings. The van der Waals surface area contributed by atoms with Gasteiger partial charge in [0.15, 0.2) is 0 Å². The molecule has 0 spiro atoms. The average molecular weight is 407 g/mol. The van der Waals surface area contributed by atoms with Crippen molar-refractivity contribution < 1.29 is 5.79 Å². The van der Waals surface area contributed by atoms with Crippen LogP contribution < -0.4 is 0 Å². The minimum absolute atomic E-state index is 0.686. The van der Waals surface area contributed by atoms with Gasteiger partial charge < -0.3 is 4.42 Å². The highest BCUT2D eigenvalue weighted by molar-refractivity contribution is 6.11. The minimum atomic E-state index is -0.721. The van der Waals surface area contributed by atoms with Gasteiger partial charge in [0.1, 0.15) is 11.2 Å². The lowest BCUT2D eigenvalue weighted by Crippen LogP contribution is -1.94. The summed E-state index contributed by atoms with van der Waals surface area (Å²) in [6.45, 7) is 3.87. The zero-order valence-electron chi connectivity index (χ0n) is 19.1. The number of nitrogens with zero attached hydrogens (tertiary/aromatic N) is 1. The van der Waals surface area contributed by atoms with Crippen LogP contribution in [0, 0.1) is 0 Å². The van der Waals surface area contributed by atoms with Gasteiger partial charge in [-0.05, 0) is 65.4 Å². The Bertz CT molecular complexity index is 1470. The molecule has 2 aromatic heterocycles. The van der Waals surface area contributed by atoms with E-state index in [1.807, 2.05) is 38.2 Å². The van der Waals surface area contributed by atoms with Crippen molar-refractivity contribution in [3.05, 3.63) is 78.0 Å². The van der Waals surface area contributed by atoms with Gasteiger partial charge in [0.25, 0.3) is 0 Å². The van der Waals surface area contributed by atoms with E-state index in [-0.39, 0.29) is 0 Å². The molecule has 0 radical (unpaired) electrons. The third kappa shape index (κ3) is 3.05. The van der Waals surface area contributed by atoms with Gasteiger partial charge in [-0.3, -0.25) is 4.98 Å². The molecule has 3 aromatic carbocycles. The van der Waals surface area contributed by atoms with Gasteiger partial charge in [-0.15, -0.1) is 0 Å². The van der Waals surface area contributed by atoms with Crippen LogP contribution in [-0.2, 0) is 0 Å². The summed E-state index contributed by atoms with van der Waals surface area (Å²) in [4.78, 5) is 4.83. The Morgan fingerprint density at radius 1 is 0.935 bits per heavy atom. The standard InChI is InChI=1S/C29H27NO/c1-18(2)22-16-25-24-9-5-6-10-27(24)31-29(25)26(17-22)28-23-12-11-20(19-7-3-4-8-19)15-21(23)13-14-30-28/h5-6,9-19H,3-4,7-8H2,1-2H3/i18D. The predicted molar refractivity (Wildman–Crippen MR) is 130 cm³/mol. The van der Waals surface area contributed by atoms with E-state index in [9.17, 15) is 0 Å². The van der Waals surface area contributed by atoms with E-state index in [0.717, 1.165) is 44.1 Å². The molecule has 2 nitrogen and oxygen atoms in total. The molecule has 1 aliphatic carbocycles. The topological polar surface area (TPSA) is 26.0 Å². The molecule has 31 heavy (non-hydrogen) atoms. The van der Waals surface area contributed by atoms with Gasteiger partial charge in [-0.1, -0.05) is 63.1 Å². The largest absolute Gasteiger partial charge is 0.455 e. The maximum atomic E-state index is 8.70. The van der Waals surface area contributed by atoms with Gasteiger partial charge in [0, 0.05) is 29.3 Å². The molecule has 0 atom stereocenters. The number of para-hydroxylation sites is 1. The lowest BCUT2D eigenvalue weighted by molar-refractivity contribution is 0.669. The second-order valence-corrected chi connectivity index (χ2v) is 9.12. The smallest absolute Gasteiger partial charge is 0.144 e. The molecule has 0 bridgehead atoms. The summed E-state index contributed by atoms with van der Waals surface area (Å²) in [5, 5.41) is 4.49. The quantitative estimate of drug-likeness (QED) is 0.300. The van der Waals surface area contributed by atoms with Crippen LogP contribution >= 0.6 is 0 Å². The molecule has 0 unspecified atom stereocenters. The van der Waals surface area contributed by atoms with Crippen LogP contribution in [-0.4, -0.2) is 4.98 Å². The third-order valence-corrected chi connectivity index (χ3v) is 6.93. The number of pyridine rings is 1. The Hall–Kier alpha value is -3.13. The molecular weight excluding hydrogens is 378 g/mol. The fourth-order valence-electron chi connectivity index (χ4n) is 5.22. The van der Waals surface area contributed by atoms with Crippen molar-refractivity contribution >= 4 is 32.7 Å². The van der Waals surface area contributed by atoms with Crippen molar-refractivity contribution in [2.75, 3.05) is 0 Å². The maximum Gasteiger partial charge on any atom is 0.144 e. The Kier molecular flexibility index (Phi) is 4.09. The van der Waals surface area contributed by atoms with Crippen molar-refractivity contribution in [1.29, 1.82) is 0 Å². The maximum absolute atomic E-state index is 8.70. The summed E-state index contributed by atoms with van der Waals surface area (Å²) in [6, 6.07) is 21.3. The molecule has 1 saturated carbocycles. The van der Waals surface area contributed by atoms with E-state index in [2.05, 4.69) is 42.5 Å². The Morgan fingerprint density at radius 2 is 1.77 bits per heavy atom. The van der Waals surface area contributed by atoms with Crippen molar-refractivity contribution in [3.63, 3.8) is 0 Å². The normalized spacial score (nSPS) is 15.9. The fourth-order valence-corrected chi connectivity index (χ4v) is 5.22. The number of hydrogen-bond acceptors (Lipinski definition) is 2. The SMILES string of the molecule is [2H]C(C)(C)c1cc(-c2nccc3cc(C4CCCC4)ccc23)c2oc3ccccc3c2c1. The monoisotopic (exact) mass is 406 g/mol. The van der Waals surface area contributed by atoms with E-state index in [4.69, 9.17) is 10.8 Å². The Balaban J connectivity index is 1.63. The second kappa shape index (κ2) is 7.23. The number of hydrogen-bond donors (Lipinski definition) is 0. The number of benzene rings is 3. The zero-order chi connectivity index (χ0) is 21.9. The van der Waals surface area contributed by atoms with Crippen LogP contribution in [0.1, 0.15) is 63.8 Å². The predicted octanol–water partition coefficient (Wildman–Crippen LogP) is 8.58. The molecule has 1 aliphatic rings. The van der Waals surface area contributed by atoms with Gasteiger partial charge in [0.05, 0.1) is 5.69 Å². The van der Waals surface area contributed by atoms with E-state index in [0.29, 0.717) is 5.92 Å². The fraction of sp³-hybridized carbons (Fsp3) is 0.276. The summed E-state index contributed by atoms with van der Waals surface area (Å²) in [5.41, 5.74) is 6.02. The summed E-state index contributed by atoms with van der Waals surface area (Å²) < 4.78 is 15.1. The van der Waals surface area contributed by atoms with Crippen molar-refractivity contribution in [2.45, 2.75) is 51.3 Å². The van der Waals surface area contributed by atoms with E-state index < -0.39 is 5.89 Å². The number of aromatic nitrogens is 1. The van der Waals surface area contributed by atoms with Crippen LogP contribution in [0.2, 0.25) is 0 Å². The van der Waals surface area contributed by atoms with Crippen LogP contribution in [0.4, 0.5) is 0 Å². The summed E-state index contributed by atoms with van der Waals surface area (Å²) >= 11 is 0. The van der Waals surface area contributed by atoms with Gasteiger partial charge in [-0.2, -0.15) is 0 Å². The number of furan rings is 1. The van der Waals surface area contributed by atoms with Crippen LogP contribution in [0.5, 0.6) is 0 Å². The molecule has 2 heteroatoms. The van der Waals surface area contributed by atoms with E-state index in [1.165, 1.54) is 36.6 Å². The average Bonchev–Trinajstić information content (AvgIpc) is 3.45. The first-order valence-corrected chi connectivity index (χ1v) is 11.3. The molecule has 6 rings (SSSR count). The first-order valence-electron chi connectivity index (χ1n) is 11.8. The zero-order valence-corrected chi connectivity index (χ0v) is 18.1. The molecule has 0 aliphatic heterocycles. The van der Waals surface area contributed by atoms with Crippen LogP contribution in [0.25, 0.3) is 44.0 Å². The molecule has 0 N–H and O–H groups in total. The van der Waals surface area contributed by atoms with Crippen LogP contribution in [0.15, 0.2) is 71.3 Å². The number of rotatable bonds is 3. The lowest BCUT2D eigenvalue weighted by Gasteiger charge is -2.14. The molecule has 0 saturated heterocycles. The second-order valence-electron chi connectivity index (χ2n) is 9.12. The minimum Gasteiger partial charge on any atom is -0.455 e. The lowest BCUT2D eigenvalue weighted by atomic mass is 9.92. The first kappa shape index (κ1) is 17.5. The number of fused-ring (bicyclic) bond motifs is 4. The highest BCUT2D eigenvalue weighted by Crippen LogP contribution is 2.41. The molecular formula is C29H27NO. The Labute approximate surface area is 184 Å². The van der Waals surface area contributed by atoms with Gasteiger partial charge in [0.2, 0.25) is 0 Å². The summed E-state index contributed by atoms with van der Waals surface area (Å²) in [5.74, 6) is -0.0350. The van der Waals surface area contributed by atoms with Gasteiger partial charge >= 0.3 is 0 Å². The summed E-state index contributed by atoms with van der Waals surface area (Å²) in [7, 11) is 0. The molecule has 0 amide bonds. The van der Waals surface area contributed by atoms with Crippen molar-refractivity contribution in [3.8, 4) is 11.3 Å². The highest BCUT2D eigenvalue weighted by Gasteiger charge is 2.20. The van der Waals surface area contributed by atoms with Crippen LogP contribution in [0.3, 0.4) is 0 Å². The molecule has 154 valence electrons. The summed E-state index contributed by atoms with van der Waals surface area (Å²) in [6.07, 6.45) is 7.17. The Morgan fingerprint density at radius 3 is 2.61 bits per heavy atom. The van der Waals surface area contributed by atoms with Gasteiger partial charge in [-0.25, -0.2) is 0 Å². The van der Waals surface area contributed by atoms with E-state index in [1.54, 1.807) is 0 Å².